The molecule has 0 heterocycles. The molecule has 0 saturated carbocycles. The molecule has 0 aromatic heterocycles. The Labute approximate surface area is 136 Å². The number of alkyl carbamates (subject to hydrolysis) is 1. The van der Waals surface area contributed by atoms with Crippen molar-refractivity contribution in [3.8, 4) is 12.3 Å². The van der Waals surface area contributed by atoms with Gasteiger partial charge in [-0.05, 0) is 38.5 Å². The van der Waals surface area contributed by atoms with E-state index in [4.69, 9.17) is 11.2 Å². The lowest BCUT2D eigenvalue weighted by molar-refractivity contribution is -0.139. The van der Waals surface area contributed by atoms with Crippen LogP contribution in [-0.2, 0) is 16.0 Å². The Bertz CT molecular complexity index is 582. The normalized spacial score (nSPS) is 11.9. The number of carboxylic acid groups (broad SMARTS) is 1. The molecule has 6 heteroatoms. The van der Waals surface area contributed by atoms with Crippen molar-refractivity contribution < 1.29 is 19.4 Å². The number of benzene rings is 1. The van der Waals surface area contributed by atoms with Gasteiger partial charge in [0.1, 0.15) is 11.6 Å². The van der Waals surface area contributed by atoms with Crippen LogP contribution in [0.2, 0.25) is 0 Å². The van der Waals surface area contributed by atoms with Crippen molar-refractivity contribution in [3.63, 3.8) is 0 Å². The highest BCUT2D eigenvalue weighted by Crippen LogP contribution is 2.12. The number of nitrogens with one attached hydrogen (secondary N) is 2. The molecule has 0 saturated heterocycles. The van der Waals surface area contributed by atoms with Crippen LogP contribution in [0.4, 0.5) is 10.5 Å². The summed E-state index contributed by atoms with van der Waals surface area (Å²) in [6, 6.07) is 6.12. The summed E-state index contributed by atoms with van der Waals surface area (Å²) >= 11 is 0. The molecule has 0 aliphatic heterocycles. The number of hydrogen-bond acceptors (Lipinski definition) is 4. The monoisotopic (exact) mass is 318 g/mol. The molecule has 0 aliphatic rings. The number of carboxylic acids is 1. The standard InChI is InChI=1S/C17H22N2O4/c1-5-10-18-13-8-6-12(7-9-13)11-14(15(20)21)19-16(22)23-17(2,3)4/h1,6-9,14,18H,10-11H2,2-4H3,(H,19,22)(H,20,21). The molecule has 0 fully saturated rings. The molecule has 1 atom stereocenters. The van der Waals surface area contributed by atoms with Gasteiger partial charge < -0.3 is 20.5 Å². The number of rotatable bonds is 6. The van der Waals surface area contributed by atoms with Gasteiger partial charge in [-0.3, -0.25) is 0 Å². The van der Waals surface area contributed by atoms with E-state index < -0.39 is 23.7 Å². The zero-order chi connectivity index (χ0) is 17.5. The van der Waals surface area contributed by atoms with E-state index in [0.717, 1.165) is 11.3 Å². The minimum Gasteiger partial charge on any atom is -0.480 e. The topological polar surface area (TPSA) is 87.7 Å². The lowest BCUT2D eigenvalue weighted by Crippen LogP contribution is -2.44. The van der Waals surface area contributed by atoms with Crippen molar-refractivity contribution in [1.82, 2.24) is 5.32 Å². The number of ether oxygens (including phenoxy) is 1. The fourth-order valence-corrected chi connectivity index (χ4v) is 1.80. The maximum absolute atomic E-state index is 11.7. The Morgan fingerprint density at radius 1 is 1.30 bits per heavy atom. The smallest absolute Gasteiger partial charge is 0.408 e. The number of hydrogen-bond donors (Lipinski definition) is 3. The van der Waals surface area contributed by atoms with E-state index in [-0.39, 0.29) is 6.42 Å². The van der Waals surface area contributed by atoms with Gasteiger partial charge in [0.05, 0.1) is 6.54 Å². The second-order valence-electron chi connectivity index (χ2n) is 6.00. The molecule has 0 radical (unpaired) electrons. The first kappa shape index (κ1) is 18.4. The summed E-state index contributed by atoms with van der Waals surface area (Å²) in [5, 5.41) is 14.6. The average Bonchev–Trinajstić information content (AvgIpc) is 2.43. The third-order valence-electron chi connectivity index (χ3n) is 2.78. The second kappa shape index (κ2) is 8.08. The van der Waals surface area contributed by atoms with E-state index in [1.807, 2.05) is 0 Å². The average molecular weight is 318 g/mol. The lowest BCUT2D eigenvalue weighted by Gasteiger charge is -2.22. The molecule has 3 N–H and O–H groups in total. The molecular formula is C17H22N2O4. The zero-order valence-corrected chi connectivity index (χ0v) is 13.6. The zero-order valence-electron chi connectivity index (χ0n) is 13.6. The van der Waals surface area contributed by atoms with Gasteiger partial charge in [-0.15, -0.1) is 6.42 Å². The number of carbonyl (C=O) groups is 2. The highest BCUT2D eigenvalue weighted by Gasteiger charge is 2.24. The van der Waals surface area contributed by atoms with Gasteiger partial charge in [0.25, 0.3) is 0 Å². The van der Waals surface area contributed by atoms with E-state index in [2.05, 4.69) is 16.6 Å². The second-order valence-corrected chi connectivity index (χ2v) is 6.00. The number of carbonyl (C=O) groups excluding carboxylic acids is 1. The minimum absolute atomic E-state index is 0.157. The first-order chi connectivity index (χ1) is 10.7. The van der Waals surface area contributed by atoms with Crippen LogP contribution in [0.3, 0.4) is 0 Å². The van der Waals surface area contributed by atoms with Crippen molar-refractivity contribution in [1.29, 1.82) is 0 Å². The maximum atomic E-state index is 11.7. The van der Waals surface area contributed by atoms with Crippen molar-refractivity contribution in [2.24, 2.45) is 0 Å². The Morgan fingerprint density at radius 3 is 2.39 bits per heavy atom. The first-order valence-corrected chi connectivity index (χ1v) is 7.20. The number of amides is 1. The molecule has 0 spiro atoms. The van der Waals surface area contributed by atoms with Crippen LogP contribution in [0.25, 0.3) is 0 Å². The maximum Gasteiger partial charge on any atom is 0.408 e. The molecule has 1 amide bonds. The van der Waals surface area contributed by atoms with E-state index >= 15 is 0 Å². The largest absolute Gasteiger partial charge is 0.480 e. The van der Waals surface area contributed by atoms with Crippen molar-refractivity contribution in [2.45, 2.75) is 38.8 Å². The predicted molar refractivity (Wildman–Crippen MR) is 88.3 cm³/mol. The highest BCUT2D eigenvalue weighted by molar-refractivity contribution is 5.80. The van der Waals surface area contributed by atoms with Gasteiger partial charge in [-0.2, -0.15) is 0 Å². The molecule has 1 aromatic carbocycles. The molecule has 6 nitrogen and oxygen atoms in total. The molecule has 23 heavy (non-hydrogen) atoms. The SMILES string of the molecule is C#CCNc1ccc(CC(NC(=O)OC(C)(C)C)C(=O)O)cc1. The molecule has 124 valence electrons. The molecular weight excluding hydrogens is 296 g/mol. The van der Waals surface area contributed by atoms with Crippen molar-refractivity contribution in [2.75, 3.05) is 11.9 Å². The number of anilines is 1. The quantitative estimate of drug-likeness (QED) is 0.700. The third kappa shape index (κ3) is 7.23. The van der Waals surface area contributed by atoms with Crippen molar-refractivity contribution >= 4 is 17.7 Å². The van der Waals surface area contributed by atoms with Gasteiger partial charge in [0.15, 0.2) is 0 Å². The van der Waals surface area contributed by atoms with Gasteiger partial charge in [0, 0.05) is 12.1 Å². The van der Waals surface area contributed by atoms with Crippen LogP contribution in [0, 0.1) is 12.3 Å². The first-order valence-electron chi connectivity index (χ1n) is 7.20. The van der Waals surface area contributed by atoms with Crippen LogP contribution >= 0.6 is 0 Å². The van der Waals surface area contributed by atoms with E-state index in [0.29, 0.717) is 6.54 Å². The summed E-state index contributed by atoms with van der Waals surface area (Å²) in [5.74, 6) is 1.35. The molecule has 1 rings (SSSR count). The lowest BCUT2D eigenvalue weighted by atomic mass is 10.1. The minimum atomic E-state index is -1.12. The van der Waals surface area contributed by atoms with Gasteiger partial charge in [-0.25, -0.2) is 9.59 Å². The Hall–Kier alpha value is -2.68. The van der Waals surface area contributed by atoms with E-state index in [9.17, 15) is 14.7 Å². The van der Waals surface area contributed by atoms with Gasteiger partial charge in [0.2, 0.25) is 0 Å². The van der Waals surface area contributed by atoms with Crippen LogP contribution in [-0.4, -0.2) is 35.4 Å². The summed E-state index contributed by atoms with van der Waals surface area (Å²) in [4.78, 5) is 23.0. The Morgan fingerprint density at radius 2 is 1.91 bits per heavy atom. The Kier molecular flexibility index (Phi) is 6.46. The molecule has 1 aromatic rings. The van der Waals surface area contributed by atoms with Gasteiger partial charge >= 0.3 is 12.1 Å². The van der Waals surface area contributed by atoms with Crippen LogP contribution in [0.1, 0.15) is 26.3 Å². The van der Waals surface area contributed by atoms with Crippen LogP contribution < -0.4 is 10.6 Å². The van der Waals surface area contributed by atoms with Crippen LogP contribution in [0.5, 0.6) is 0 Å². The molecule has 0 aliphatic carbocycles. The van der Waals surface area contributed by atoms with Crippen molar-refractivity contribution in [3.05, 3.63) is 29.8 Å². The predicted octanol–water partition coefficient (Wildman–Crippen LogP) is 2.25. The van der Waals surface area contributed by atoms with Gasteiger partial charge in [-0.1, -0.05) is 18.1 Å². The number of terminal acetylenes is 1. The third-order valence-corrected chi connectivity index (χ3v) is 2.78. The molecule has 0 bridgehead atoms. The summed E-state index contributed by atoms with van der Waals surface area (Å²) in [5.41, 5.74) is 0.940. The fraction of sp³-hybridized carbons (Fsp3) is 0.412. The Balaban J connectivity index is 2.67. The summed E-state index contributed by atoms with van der Waals surface area (Å²) in [7, 11) is 0. The fourth-order valence-electron chi connectivity index (χ4n) is 1.80. The summed E-state index contributed by atoms with van der Waals surface area (Å²) < 4.78 is 5.08. The summed E-state index contributed by atoms with van der Waals surface area (Å²) in [6.45, 7) is 5.55. The highest BCUT2D eigenvalue weighted by atomic mass is 16.6. The number of aliphatic carboxylic acids is 1. The van der Waals surface area contributed by atoms with Crippen LogP contribution in [0.15, 0.2) is 24.3 Å². The molecule has 1 unspecified atom stereocenters. The van der Waals surface area contributed by atoms with E-state index in [1.165, 1.54) is 0 Å². The summed E-state index contributed by atoms with van der Waals surface area (Å²) in [6.07, 6.45) is 4.57. The van der Waals surface area contributed by atoms with E-state index in [1.54, 1.807) is 45.0 Å².